The van der Waals surface area contributed by atoms with Gasteiger partial charge in [0.25, 0.3) is 0 Å². The SMILES string of the molecule is COc1ccc2c(C)nc(N3CCCC4(CCNCC4)C3)nc2c1. The first kappa shape index (κ1) is 15.6. The molecular formula is C19H26N4O. The number of fused-ring (bicyclic) bond motifs is 1. The lowest BCUT2D eigenvalue weighted by Crippen LogP contribution is -2.49. The highest BCUT2D eigenvalue weighted by Crippen LogP contribution is 2.39. The molecule has 2 aliphatic heterocycles. The molecule has 4 rings (SSSR count). The number of nitrogens with zero attached hydrogens (tertiary/aromatic N) is 3. The summed E-state index contributed by atoms with van der Waals surface area (Å²) in [7, 11) is 1.70. The molecule has 0 unspecified atom stereocenters. The lowest BCUT2D eigenvalue weighted by atomic mass is 9.73. The maximum absolute atomic E-state index is 5.36. The van der Waals surface area contributed by atoms with Crippen LogP contribution in [0.1, 0.15) is 31.4 Å². The Bertz CT molecular complexity index is 734. The van der Waals surface area contributed by atoms with Crippen molar-refractivity contribution in [3.05, 3.63) is 23.9 Å². The van der Waals surface area contributed by atoms with Crippen LogP contribution in [0.25, 0.3) is 10.9 Å². The predicted molar refractivity (Wildman–Crippen MR) is 96.8 cm³/mol. The van der Waals surface area contributed by atoms with Crippen LogP contribution in [0.15, 0.2) is 18.2 Å². The van der Waals surface area contributed by atoms with Crippen molar-refractivity contribution >= 4 is 16.9 Å². The molecule has 0 amide bonds. The number of hydrogen-bond donors (Lipinski definition) is 1. The number of ether oxygens (including phenoxy) is 1. The largest absolute Gasteiger partial charge is 0.497 e. The fourth-order valence-electron chi connectivity index (χ4n) is 4.27. The molecule has 1 aromatic carbocycles. The Hall–Kier alpha value is -1.88. The lowest BCUT2D eigenvalue weighted by Gasteiger charge is -2.45. The Balaban J connectivity index is 1.67. The molecule has 1 N–H and O–H groups in total. The van der Waals surface area contributed by atoms with E-state index < -0.39 is 0 Å². The Morgan fingerprint density at radius 1 is 1.17 bits per heavy atom. The van der Waals surface area contributed by atoms with Gasteiger partial charge in [-0.2, -0.15) is 0 Å². The van der Waals surface area contributed by atoms with Crippen LogP contribution in [0.2, 0.25) is 0 Å². The van der Waals surface area contributed by atoms with Crippen molar-refractivity contribution in [1.82, 2.24) is 15.3 Å². The summed E-state index contributed by atoms with van der Waals surface area (Å²) in [5.74, 6) is 1.73. The number of piperidine rings is 2. The summed E-state index contributed by atoms with van der Waals surface area (Å²) >= 11 is 0. The normalized spacial score (nSPS) is 20.5. The molecule has 5 heteroatoms. The van der Waals surface area contributed by atoms with E-state index >= 15 is 0 Å². The van der Waals surface area contributed by atoms with E-state index in [0.717, 1.165) is 54.5 Å². The molecule has 5 nitrogen and oxygen atoms in total. The van der Waals surface area contributed by atoms with Crippen molar-refractivity contribution in [1.29, 1.82) is 0 Å². The van der Waals surface area contributed by atoms with Crippen molar-refractivity contribution < 1.29 is 4.74 Å². The van der Waals surface area contributed by atoms with Crippen LogP contribution in [0.4, 0.5) is 5.95 Å². The fraction of sp³-hybridized carbons (Fsp3) is 0.579. The van der Waals surface area contributed by atoms with E-state index in [2.05, 4.69) is 23.2 Å². The molecule has 2 aliphatic rings. The molecule has 0 aliphatic carbocycles. The molecule has 0 atom stereocenters. The summed E-state index contributed by atoms with van der Waals surface area (Å²) in [4.78, 5) is 12.1. The highest BCUT2D eigenvalue weighted by Gasteiger charge is 2.37. The zero-order valence-electron chi connectivity index (χ0n) is 14.6. The molecular weight excluding hydrogens is 300 g/mol. The predicted octanol–water partition coefficient (Wildman–Crippen LogP) is 2.92. The van der Waals surface area contributed by atoms with E-state index in [1.54, 1.807) is 7.11 Å². The molecule has 2 saturated heterocycles. The number of aromatic nitrogens is 2. The van der Waals surface area contributed by atoms with Crippen molar-refractivity contribution in [2.24, 2.45) is 5.41 Å². The minimum Gasteiger partial charge on any atom is -0.497 e. The Kier molecular flexibility index (Phi) is 4.04. The first-order valence-corrected chi connectivity index (χ1v) is 8.97. The second-order valence-electron chi connectivity index (χ2n) is 7.27. The third kappa shape index (κ3) is 2.81. The van der Waals surface area contributed by atoms with Crippen LogP contribution in [0.3, 0.4) is 0 Å². The third-order valence-electron chi connectivity index (χ3n) is 5.69. The van der Waals surface area contributed by atoms with Crippen LogP contribution in [0.5, 0.6) is 5.75 Å². The average molecular weight is 326 g/mol. The first-order chi connectivity index (χ1) is 11.7. The van der Waals surface area contributed by atoms with E-state index in [0.29, 0.717) is 5.41 Å². The van der Waals surface area contributed by atoms with Gasteiger partial charge in [-0.1, -0.05) is 0 Å². The van der Waals surface area contributed by atoms with Gasteiger partial charge in [0.2, 0.25) is 5.95 Å². The number of nitrogens with one attached hydrogen (secondary N) is 1. The zero-order chi connectivity index (χ0) is 16.6. The highest BCUT2D eigenvalue weighted by atomic mass is 16.5. The van der Waals surface area contributed by atoms with Gasteiger partial charge in [0, 0.05) is 24.5 Å². The minimum atomic E-state index is 0.449. The molecule has 1 spiro atoms. The Morgan fingerprint density at radius 3 is 2.79 bits per heavy atom. The Morgan fingerprint density at radius 2 is 2.00 bits per heavy atom. The van der Waals surface area contributed by atoms with Gasteiger partial charge in [-0.3, -0.25) is 0 Å². The van der Waals surface area contributed by atoms with Gasteiger partial charge in [0.05, 0.1) is 18.3 Å². The molecule has 128 valence electrons. The van der Waals surface area contributed by atoms with E-state index in [-0.39, 0.29) is 0 Å². The maximum Gasteiger partial charge on any atom is 0.226 e. The average Bonchev–Trinajstić information content (AvgIpc) is 2.62. The molecule has 2 fully saturated rings. The van der Waals surface area contributed by atoms with Gasteiger partial charge < -0.3 is 15.0 Å². The molecule has 24 heavy (non-hydrogen) atoms. The number of anilines is 1. The van der Waals surface area contributed by atoms with E-state index in [1.807, 2.05) is 12.1 Å². The van der Waals surface area contributed by atoms with Crippen molar-refractivity contribution in [3.8, 4) is 5.75 Å². The summed E-state index contributed by atoms with van der Waals surface area (Å²) in [6, 6.07) is 6.04. The van der Waals surface area contributed by atoms with Gasteiger partial charge in [0.1, 0.15) is 5.75 Å². The Labute approximate surface area is 143 Å². The molecule has 0 radical (unpaired) electrons. The van der Waals surface area contributed by atoms with Crippen molar-refractivity contribution in [3.63, 3.8) is 0 Å². The highest BCUT2D eigenvalue weighted by molar-refractivity contribution is 5.83. The standard InChI is InChI=1S/C19H26N4O/c1-14-16-5-4-15(24-2)12-17(16)22-18(21-14)23-11-3-6-19(13-23)7-9-20-10-8-19/h4-5,12,20H,3,6-11,13H2,1-2H3. The monoisotopic (exact) mass is 326 g/mol. The summed E-state index contributed by atoms with van der Waals surface area (Å²) < 4.78 is 5.36. The number of methoxy groups -OCH3 is 1. The lowest BCUT2D eigenvalue weighted by molar-refractivity contribution is 0.166. The molecule has 2 aromatic rings. The number of aryl methyl sites for hydroxylation is 1. The van der Waals surface area contributed by atoms with Gasteiger partial charge in [-0.05, 0) is 63.2 Å². The van der Waals surface area contributed by atoms with Crippen LogP contribution in [-0.4, -0.2) is 43.3 Å². The number of rotatable bonds is 2. The summed E-state index contributed by atoms with van der Waals surface area (Å²) in [5, 5.41) is 4.60. The van der Waals surface area contributed by atoms with E-state index in [9.17, 15) is 0 Å². The summed E-state index contributed by atoms with van der Waals surface area (Å²) in [6.07, 6.45) is 5.11. The third-order valence-corrected chi connectivity index (χ3v) is 5.69. The van der Waals surface area contributed by atoms with Gasteiger partial charge in [0.15, 0.2) is 0 Å². The molecule has 0 saturated carbocycles. The van der Waals surface area contributed by atoms with Crippen molar-refractivity contribution in [2.45, 2.75) is 32.6 Å². The van der Waals surface area contributed by atoms with Crippen molar-refractivity contribution in [2.75, 3.05) is 38.2 Å². The zero-order valence-corrected chi connectivity index (χ0v) is 14.6. The molecule has 0 bridgehead atoms. The van der Waals surface area contributed by atoms with Crippen LogP contribution >= 0.6 is 0 Å². The van der Waals surface area contributed by atoms with Crippen LogP contribution in [-0.2, 0) is 0 Å². The van der Waals surface area contributed by atoms with Crippen LogP contribution < -0.4 is 15.0 Å². The second-order valence-corrected chi connectivity index (χ2v) is 7.27. The van der Waals surface area contributed by atoms with Gasteiger partial charge in [-0.25, -0.2) is 9.97 Å². The molecule has 3 heterocycles. The fourth-order valence-corrected chi connectivity index (χ4v) is 4.27. The van der Waals surface area contributed by atoms with E-state index in [4.69, 9.17) is 14.7 Å². The first-order valence-electron chi connectivity index (χ1n) is 8.97. The summed E-state index contributed by atoms with van der Waals surface area (Å²) in [5.41, 5.74) is 2.47. The minimum absolute atomic E-state index is 0.449. The van der Waals surface area contributed by atoms with Gasteiger partial charge >= 0.3 is 0 Å². The molecule has 1 aromatic heterocycles. The number of benzene rings is 1. The summed E-state index contributed by atoms with van der Waals surface area (Å²) in [6.45, 7) is 6.50. The quantitative estimate of drug-likeness (QED) is 0.919. The topological polar surface area (TPSA) is 50.3 Å². The van der Waals surface area contributed by atoms with Crippen LogP contribution in [0, 0.1) is 12.3 Å². The maximum atomic E-state index is 5.36. The second kappa shape index (κ2) is 6.20. The number of hydrogen-bond acceptors (Lipinski definition) is 5. The van der Waals surface area contributed by atoms with Gasteiger partial charge in [-0.15, -0.1) is 0 Å². The smallest absolute Gasteiger partial charge is 0.226 e. The van der Waals surface area contributed by atoms with E-state index in [1.165, 1.54) is 25.7 Å².